The first-order chi connectivity index (χ1) is 9.96. The van der Waals surface area contributed by atoms with Gasteiger partial charge in [-0.2, -0.15) is 0 Å². The summed E-state index contributed by atoms with van der Waals surface area (Å²) in [4.78, 5) is 12.9. The van der Waals surface area contributed by atoms with Crippen molar-refractivity contribution in [3.63, 3.8) is 0 Å². The molecule has 1 aliphatic carbocycles. The largest absolute Gasteiger partial charge is 0.292 e. The molecular weight excluding hydrogens is 292 g/mol. The van der Waals surface area contributed by atoms with Gasteiger partial charge in [-0.25, -0.2) is 8.42 Å². The highest BCUT2D eigenvalue weighted by molar-refractivity contribution is 7.91. The summed E-state index contributed by atoms with van der Waals surface area (Å²) in [6.07, 6.45) is 2.74. The molecular formula is C14H18N2O4S. The van der Waals surface area contributed by atoms with Crippen LogP contribution in [0.15, 0.2) is 24.3 Å². The molecule has 0 spiro atoms. The van der Waals surface area contributed by atoms with Crippen LogP contribution in [0, 0.1) is 10.1 Å². The third-order valence-electron chi connectivity index (χ3n) is 4.23. The lowest BCUT2D eigenvalue weighted by Crippen LogP contribution is -2.37. The Morgan fingerprint density at radius 2 is 1.90 bits per heavy atom. The van der Waals surface area contributed by atoms with E-state index in [2.05, 4.69) is 4.90 Å². The van der Waals surface area contributed by atoms with Gasteiger partial charge in [-0.05, 0) is 19.3 Å². The van der Waals surface area contributed by atoms with Crippen LogP contribution >= 0.6 is 0 Å². The Labute approximate surface area is 123 Å². The summed E-state index contributed by atoms with van der Waals surface area (Å²) >= 11 is 0. The van der Waals surface area contributed by atoms with Crippen LogP contribution in [0.25, 0.3) is 0 Å². The molecule has 1 heterocycles. The minimum Gasteiger partial charge on any atom is -0.292 e. The fourth-order valence-electron chi connectivity index (χ4n) is 3.02. The predicted molar refractivity (Wildman–Crippen MR) is 78.7 cm³/mol. The Morgan fingerprint density at radius 3 is 2.48 bits per heavy atom. The summed E-state index contributed by atoms with van der Waals surface area (Å²) in [6, 6.07) is 7.09. The second-order valence-corrected chi connectivity index (χ2v) is 8.07. The number of hydrogen-bond donors (Lipinski definition) is 0. The molecule has 0 bridgehead atoms. The summed E-state index contributed by atoms with van der Waals surface area (Å²) < 4.78 is 23.4. The topological polar surface area (TPSA) is 80.5 Å². The van der Waals surface area contributed by atoms with Gasteiger partial charge in [-0.15, -0.1) is 0 Å². The number of nitro groups is 1. The van der Waals surface area contributed by atoms with Gasteiger partial charge in [0.1, 0.15) is 0 Å². The standard InChI is InChI=1S/C14H18N2O4S/c17-16(18)14-4-2-1-3-11(14)9-15(12-5-6-12)13-7-8-21(19,20)10-13/h1-4,12-13H,5-10H2/t13-/m0/s1. The number of benzene rings is 1. The molecule has 1 atom stereocenters. The Kier molecular flexibility index (Phi) is 3.71. The normalized spacial score (nSPS) is 24.3. The molecule has 3 rings (SSSR count). The minimum absolute atomic E-state index is 0.00214. The van der Waals surface area contributed by atoms with Crippen LogP contribution in [-0.4, -0.2) is 41.8 Å². The quantitative estimate of drug-likeness (QED) is 0.611. The number of nitrogens with zero attached hydrogens (tertiary/aromatic N) is 2. The van der Waals surface area contributed by atoms with Crippen LogP contribution in [0.4, 0.5) is 5.69 Å². The van der Waals surface area contributed by atoms with Gasteiger partial charge >= 0.3 is 0 Å². The Bertz CT molecular complexity index is 655. The monoisotopic (exact) mass is 310 g/mol. The Morgan fingerprint density at radius 1 is 1.19 bits per heavy atom. The molecule has 1 aliphatic heterocycles. The molecule has 1 aromatic rings. The molecule has 2 aliphatic rings. The van der Waals surface area contributed by atoms with Crippen LogP contribution in [0.5, 0.6) is 0 Å². The van der Waals surface area contributed by atoms with Crippen molar-refractivity contribution < 1.29 is 13.3 Å². The lowest BCUT2D eigenvalue weighted by molar-refractivity contribution is -0.385. The molecule has 21 heavy (non-hydrogen) atoms. The maximum atomic E-state index is 11.7. The van der Waals surface area contributed by atoms with Gasteiger partial charge in [-0.3, -0.25) is 15.0 Å². The van der Waals surface area contributed by atoms with E-state index in [1.54, 1.807) is 18.2 Å². The highest BCUT2D eigenvalue weighted by atomic mass is 32.2. The SMILES string of the molecule is O=[N+]([O-])c1ccccc1CN(C1CC1)[C@H]1CCS(=O)(=O)C1. The summed E-state index contributed by atoms with van der Waals surface area (Å²) in [6.45, 7) is 0.460. The van der Waals surface area contributed by atoms with Crippen LogP contribution in [0.1, 0.15) is 24.8 Å². The van der Waals surface area contributed by atoms with Gasteiger partial charge in [0.2, 0.25) is 0 Å². The fraction of sp³-hybridized carbons (Fsp3) is 0.571. The van der Waals surface area contributed by atoms with Crippen molar-refractivity contribution >= 4 is 15.5 Å². The maximum Gasteiger partial charge on any atom is 0.273 e. The molecule has 0 amide bonds. The zero-order valence-electron chi connectivity index (χ0n) is 11.6. The van der Waals surface area contributed by atoms with Gasteiger partial charge in [0.15, 0.2) is 9.84 Å². The highest BCUT2D eigenvalue weighted by Gasteiger charge is 2.40. The lowest BCUT2D eigenvalue weighted by Gasteiger charge is -2.27. The van der Waals surface area contributed by atoms with E-state index in [0.29, 0.717) is 24.6 Å². The first-order valence-corrected chi connectivity index (χ1v) is 8.97. The Balaban J connectivity index is 1.82. The molecule has 0 radical (unpaired) electrons. The average molecular weight is 310 g/mol. The third kappa shape index (κ3) is 3.24. The molecule has 1 saturated carbocycles. The molecule has 0 unspecified atom stereocenters. The second-order valence-electron chi connectivity index (χ2n) is 5.85. The molecule has 114 valence electrons. The number of sulfone groups is 1. The number of para-hydroxylation sites is 1. The van der Waals surface area contributed by atoms with Crippen LogP contribution in [0.3, 0.4) is 0 Å². The molecule has 1 saturated heterocycles. The molecule has 2 fully saturated rings. The van der Waals surface area contributed by atoms with Crippen LogP contribution in [-0.2, 0) is 16.4 Å². The van der Waals surface area contributed by atoms with Crippen molar-refractivity contribution in [2.24, 2.45) is 0 Å². The summed E-state index contributed by atoms with van der Waals surface area (Å²) in [5.41, 5.74) is 0.780. The maximum absolute atomic E-state index is 11.7. The first-order valence-electron chi connectivity index (χ1n) is 7.15. The van der Waals surface area contributed by atoms with Crippen LogP contribution in [0.2, 0.25) is 0 Å². The van der Waals surface area contributed by atoms with Gasteiger partial charge in [0.05, 0.1) is 16.4 Å². The first kappa shape index (κ1) is 14.5. The van der Waals surface area contributed by atoms with E-state index in [1.165, 1.54) is 6.07 Å². The Hall–Kier alpha value is -1.47. The number of hydrogen-bond acceptors (Lipinski definition) is 5. The third-order valence-corrected chi connectivity index (χ3v) is 5.98. The van der Waals surface area contributed by atoms with Crippen molar-refractivity contribution in [2.45, 2.75) is 37.9 Å². The van der Waals surface area contributed by atoms with E-state index >= 15 is 0 Å². The summed E-state index contributed by atoms with van der Waals surface area (Å²) in [7, 11) is -2.94. The molecule has 0 N–H and O–H groups in total. The summed E-state index contributed by atoms with van der Waals surface area (Å²) in [5, 5.41) is 11.1. The van der Waals surface area contributed by atoms with E-state index in [9.17, 15) is 18.5 Å². The van der Waals surface area contributed by atoms with E-state index in [4.69, 9.17) is 0 Å². The van der Waals surface area contributed by atoms with Crippen molar-refractivity contribution in [3.8, 4) is 0 Å². The zero-order valence-corrected chi connectivity index (χ0v) is 12.5. The van der Waals surface area contributed by atoms with E-state index in [1.807, 2.05) is 0 Å². The van der Waals surface area contributed by atoms with Crippen molar-refractivity contribution in [1.29, 1.82) is 0 Å². The van der Waals surface area contributed by atoms with Gasteiger partial charge in [0.25, 0.3) is 5.69 Å². The second kappa shape index (κ2) is 5.38. The minimum atomic E-state index is -2.94. The fourth-order valence-corrected chi connectivity index (χ4v) is 4.76. The highest BCUT2D eigenvalue weighted by Crippen LogP contribution is 2.34. The number of rotatable bonds is 5. The van der Waals surface area contributed by atoms with Crippen molar-refractivity contribution in [1.82, 2.24) is 4.90 Å². The predicted octanol–water partition coefficient (Wildman–Crippen LogP) is 1.75. The lowest BCUT2D eigenvalue weighted by atomic mass is 10.1. The van der Waals surface area contributed by atoms with Gasteiger partial charge < -0.3 is 0 Å². The van der Waals surface area contributed by atoms with Gasteiger partial charge in [0, 0.05) is 30.3 Å². The van der Waals surface area contributed by atoms with E-state index < -0.39 is 9.84 Å². The molecule has 1 aromatic carbocycles. The molecule has 7 heteroatoms. The van der Waals surface area contributed by atoms with Crippen molar-refractivity contribution in [2.75, 3.05) is 11.5 Å². The average Bonchev–Trinajstić information content (AvgIpc) is 3.20. The smallest absolute Gasteiger partial charge is 0.273 e. The van der Waals surface area contributed by atoms with Gasteiger partial charge in [-0.1, -0.05) is 18.2 Å². The summed E-state index contributed by atoms with van der Waals surface area (Å²) in [5.74, 6) is 0.419. The molecule has 0 aromatic heterocycles. The molecule has 6 nitrogen and oxygen atoms in total. The van der Waals surface area contributed by atoms with Crippen LogP contribution < -0.4 is 0 Å². The number of nitro benzene ring substituents is 1. The van der Waals surface area contributed by atoms with E-state index in [0.717, 1.165) is 12.8 Å². The van der Waals surface area contributed by atoms with Crippen molar-refractivity contribution in [3.05, 3.63) is 39.9 Å². The van der Waals surface area contributed by atoms with E-state index in [-0.39, 0.29) is 28.2 Å². The zero-order chi connectivity index (χ0) is 15.0.